The Morgan fingerprint density at radius 2 is 1.84 bits per heavy atom. The lowest BCUT2D eigenvalue weighted by Crippen LogP contribution is -2.50. The molecule has 2 atom stereocenters. The van der Waals surface area contributed by atoms with Crippen molar-refractivity contribution < 1.29 is 18.3 Å². The molecule has 8 heteroatoms. The average Bonchev–Trinajstić information content (AvgIpc) is 3.46. The molecular weight excluding hydrogens is 414 g/mol. The molecule has 3 aromatic rings. The first-order chi connectivity index (χ1) is 15.4. The van der Waals surface area contributed by atoms with Crippen LogP contribution in [0.25, 0.3) is 5.65 Å². The predicted octanol–water partition coefficient (Wildman–Crippen LogP) is 3.98. The highest BCUT2D eigenvalue weighted by molar-refractivity contribution is 5.88. The maximum absolute atomic E-state index is 13.8. The van der Waals surface area contributed by atoms with Gasteiger partial charge in [0.05, 0.1) is 6.04 Å². The highest BCUT2D eigenvalue weighted by Crippen LogP contribution is 2.48. The van der Waals surface area contributed by atoms with Crippen LogP contribution in [0.4, 0.5) is 14.6 Å². The van der Waals surface area contributed by atoms with E-state index in [1.807, 2.05) is 13.1 Å². The smallest absolute Gasteiger partial charge is 0.257 e. The van der Waals surface area contributed by atoms with E-state index < -0.39 is 17.2 Å². The number of nitrogens with zero attached hydrogens (tertiary/aromatic N) is 4. The summed E-state index contributed by atoms with van der Waals surface area (Å²) in [6.45, 7) is 3.40. The zero-order chi connectivity index (χ0) is 22.0. The molecule has 6 nitrogen and oxygen atoms in total. The van der Waals surface area contributed by atoms with Crippen LogP contribution in [0.5, 0.6) is 0 Å². The summed E-state index contributed by atoms with van der Waals surface area (Å²) in [4.78, 5) is 22.0. The normalized spacial score (nSPS) is 24.7. The quantitative estimate of drug-likeness (QED) is 0.607. The number of fused-ring (bicyclic) bond motifs is 2. The molecule has 0 aliphatic carbocycles. The highest BCUT2D eigenvalue weighted by atomic mass is 19.1. The van der Waals surface area contributed by atoms with Crippen LogP contribution in [0.2, 0.25) is 0 Å². The monoisotopic (exact) mass is 438 g/mol. The molecule has 32 heavy (non-hydrogen) atoms. The second kappa shape index (κ2) is 7.00. The molecular formula is C24H24F2N4O2. The number of carbonyl (C=O) groups is 1. The number of imidazole rings is 1. The Balaban J connectivity index is 1.24. The SMILES string of the molecule is Cc1ccc(N2CCC3(CC2)O[C@@H]2CC[C@@H](c4cc(F)cc(F)c4)N2C3=O)n2ccnc12. The summed E-state index contributed by atoms with van der Waals surface area (Å²) in [5, 5.41) is 0. The van der Waals surface area contributed by atoms with Crippen molar-refractivity contribution in [2.24, 2.45) is 0 Å². The van der Waals surface area contributed by atoms with Crippen molar-refractivity contribution in [3.8, 4) is 0 Å². The van der Waals surface area contributed by atoms with E-state index in [2.05, 4.69) is 26.4 Å². The van der Waals surface area contributed by atoms with Gasteiger partial charge in [0.15, 0.2) is 5.60 Å². The van der Waals surface area contributed by atoms with Gasteiger partial charge in [-0.1, -0.05) is 6.07 Å². The van der Waals surface area contributed by atoms with Gasteiger partial charge in [-0.25, -0.2) is 13.8 Å². The standard InChI is InChI=1S/C24H24F2N4O2/c1-15-2-4-20(29-11-8-27-22(15)29)28-9-6-24(7-10-28)23(31)30-19(3-5-21(30)32-24)16-12-17(25)14-18(26)13-16/h2,4,8,11-14,19,21H,3,5-7,9-10H2,1H3/t19-,21+/m0/s1. The molecule has 3 saturated heterocycles. The van der Waals surface area contributed by atoms with Crippen LogP contribution in [-0.4, -0.2) is 45.1 Å². The van der Waals surface area contributed by atoms with Gasteiger partial charge in [-0.2, -0.15) is 0 Å². The first-order valence-electron chi connectivity index (χ1n) is 11.1. The van der Waals surface area contributed by atoms with Gasteiger partial charge < -0.3 is 14.5 Å². The minimum Gasteiger partial charge on any atom is -0.357 e. The van der Waals surface area contributed by atoms with E-state index in [0.29, 0.717) is 44.3 Å². The predicted molar refractivity (Wildman–Crippen MR) is 114 cm³/mol. The van der Waals surface area contributed by atoms with Crippen LogP contribution in [0.15, 0.2) is 42.7 Å². The summed E-state index contributed by atoms with van der Waals surface area (Å²) in [7, 11) is 0. The topological polar surface area (TPSA) is 50.1 Å². The van der Waals surface area contributed by atoms with Gasteiger partial charge in [0.25, 0.3) is 5.91 Å². The first-order valence-corrected chi connectivity index (χ1v) is 11.1. The molecule has 0 unspecified atom stereocenters. The molecule has 6 rings (SSSR count). The second-order valence-corrected chi connectivity index (χ2v) is 9.06. The van der Waals surface area contributed by atoms with Gasteiger partial charge in [0.2, 0.25) is 0 Å². The van der Waals surface area contributed by atoms with E-state index in [9.17, 15) is 13.6 Å². The summed E-state index contributed by atoms with van der Waals surface area (Å²) in [5.74, 6) is -0.242. The fourth-order valence-corrected chi connectivity index (χ4v) is 5.63. The Kier molecular flexibility index (Phi) is 4.30. The van der Waals surface area contributed by atoms with Crippen molar-refractivity contribution in [1.82, 2.24) is 14.3 Å². The van der Waals surface area contributed by atoms with Crippen LogP contribution in [0, 0.1) is 18.6 Å². The molecule has 3 aliphatic heterocycles. The molecule has 2 aromatic heterocycles. The Labute approximate surface area is 184 Å². The van der Waals surface area contributed by atoms with E-state index in [1.165, 1.54) is 12.1 Å². The minimum absolute atomic E-state index is 0.0500. The number of pyridine rings is 1. The lowest BCUT2D eigenvalue weighted by atomic mass is 9.89. The maximum Gasteiger partial charge on any atom is 0.257 e. The van der Waals surface area contributed by atoms with Gasteiger partial charge in [-0.3, -0.25) is 9.20 Å². The van der Waals surface area contributed by atoms with Crippen LogP contribution in [-0.2, 0) is 9.53 Å². The van der Waals surface area contributed by atoms with Crippen molar-refractivity contribution >= 4 is 17.4 Å². The van der Waals surface area contributed by atoms with Gasteiger partial charge in [-0.05, 0) is 49.1 Å². The number of hydrogen-bond acceptors (Lipinski definition) is 4. The molecule has 0 N–H and O–H groups in total. The maximum atomic E-state index is 13.8. The van der Waals surface area contributed by atoms with Crippen LogP contribution in [0.3, 0.4) is 0 Å². The average molecular weight is 438 g/mol. The zero-order valence-electron chi connectivity index (χ0n) is 17.8. The molecule has 5 heterocycles. The molecule has 3 fully saturated rings. The van der Waals surface area contributed by atoms with Crippen LogP contribution in [0.1, 0.15) is 42.9 Å². The molecule has 0 bridgehead atoms. The van der Waals surface area contributed by atoms with Gasteiger partial charge in [0.1, 0.15) is 29.3 Å². The third-order valence-corrected chi connectivity index (χ3v) is 7.21. The molecule has 3 aliphatic rings. The zero-order valence-corrected chi connectivity index (χ0v) is 17.8. The van der Waals surface area contributed by atoms with E-state index in [-0.39, 0.29) is 18.2 Å². The summed E-state index contributed by atoms with van der Waals surface area (Å²) in [6.07, 6.45) is 5.89. The molecule has 1 amide bonds. The minimum atomic E-state index is -0.857. The number of ether oxygens (including phenoxy) is 1. The number of anilines is 1. The number of halogens is 2. The molecule has 1 spiro atoms. The van der Waals surface area contributed by atoms with Gasteiger partial charge in [-0.15, -0.1) is 0 Å². The number of carbonyl (C=O) groups excluding carboxylic acids is 1. The summed E-state index contributed by atoms with van der Waals surface area (Å²) >= 11 is 0. The van der Waals surface area contributed by atoms with Gasteiger partial charge >= 0.3 is 0 Å². The number of rotatable bonds is 2. The van der Waals surface area contributed by atoms with Crippen molar-refractivity contribution in [2.45, 2.75) is 50.5 Å². The number of piperidine rings is 1. The number of aromatic nitrogens is 2. The Morgan fingerprint density at radius 1 is 1.09 bits per heavy atom. The summed E-state index contributed by atoms with van der Waals surface area (Å²) < 4.78 is 36.0. The highest BCUT2D eigenvalue weighted by Gasteiger charge is 2.58. The van der Waals surface area contributed by atoms with Crippen LogP contribution >= 0.6 is 0 Å². The summed E-state index contributed by atoms with van der Waals surface area (Å²) in [6, 6.07) is 7.31. The van der Waals surface area contributed by atoms with Crippen LogP contribution < -0.4 is 4.90 Å². The van der Waals surface area contributed by atoms with E-state index in [1.54, 1.807) is 11.1 Å². The number of benzene rings is 1. The lowest BCUT2D eigenvalue weighted by Gasteiger charge is -2.38. The van der Waals surface area contributed by atoms with Gasteiger partial charge in [0, 0.05) is 44.4 Å². The van der Waals surface area contributed by atoms with E-state index >= 15 is 0 Å². The van der Waals surface area contributed by atoms with Crippen molar-refractivity contribution in [3.63, 3.8) is 0 Å². The fourth-order valence-electron chi connectivity index (χ4n) is 5.63. The number of hydrogen-bond donors (Lipinski definition) is 0. The largest absolute Gasteiger partial charge is 0.357 e. The Hall–Kier alpha value is -3.00. The van der Waals surface area contributed by atoms with E-state index in [4.69, 9.17) is 4.74 Å². The van der Waals surface area contributed by atoms with Crippen molar-refractivity contribution in [1.29, 1.82) is 0 Å². The Morgan fingerprint density at radius 3 is 2.59 bits per heavy atom. The van der Waals surface area contributed by atoms with Crippen molar-refractivity contribution in [3.05, 3.63) is 65.5 Å². The first kappa shape index (κ1) is 19.7. The lowest BCUT2D eigenvalue weighted by molar-refractivity contribution is -0.140. The fraction of sp³-hybridized carbons (Fsp3) is 0.417. The molecule has 0 saturated carbocycles. The number of amides is 1. The molecule has 166 valence electrons. The Bertz CT molecular complexity index is 1200. The van der Waals surface area contributed by atoms with E-state index in [0.717, 1.165) is 23.1 Å². The molecule has 1 aromatic carbocycles. The summed E-state index contributed by atoms with van der Waals surface area (Å²) in [5.41, 5.74) is 1.69. The third kappa shape index (κ3) is 2.85. The number of aryl methyl sites for hydroxylation is 1. The van der Waals surface area contributed by atoms with Crippen molar-refractivity contribution in [2.75, 3.05) is 18.0 Å². The third-order valence-electron chi connectivity index (χ3n) is 7.21. The molecule has 0 radical (unpaired) electrons. The second-order valence-electron chi connectivity index (χ2n) is 9.06.